The van der Waals surface area contributed by atoms with Crippen LogP contribution in [0, 0.1) is 6.92 Å². The lowest BCUT2D eigenvalue weighted by molar-refractivity contribution is -0.0501. The van der Waals surface area contributed by atoms with E-state index in [2.05, 4.69) is 4.74 Å². The Morgan fingerprint density at radius 3 is 2.50 bits per heavy atom. The Labute approximate surface area is 91.0 Å². The molecule has 3 nitrogen and oxygen atoms in total. The summed E-state index contributed by atoms with van der Waals surface area (Å²) < 4.78 is 28.3. The first-order chi connectivity index (χ1) is 7.45. The van der Waals surface area contributed by atoms with Gasteiger partial charge in [-0.15, -0.1) is 0 Å². The molecule has 0 aliphatic carbocycles. The molecule has 0 aliphatic rings. The molecule has 5 heteroatoms. The number of hydrogen-bond donors (Lipinski definition) is 0. The minimum absolute atomic E-state index is 0.0886. The van der Waals surface area contributed by atoms with Gasteiger partial charge in [-0.1, -0.05) is 0 Å². The van der Waals surface area contributed by atoms with Crippen molar-refractivity contribution < 1.29 is 23.1 Å². The molecule has 0 heterocycles. The number of Topliss-reactive ketones (excluding diaryl/α,β-unsaturated/α-hetero) is 1. The predicted molar refractivity (Wildman–Crippen MR) is 53.2 cm³/mol. The molecule has 0 amide bonds. The van der Waals surface area contributed by atoms with Crippen LogP contribution in [0.3, 0.4) is 0 Å². The summed E-state index contributed by atoms with van der Waals surface area (Å²) in [5.41, 5.74) is 0.524. The molecule has 0 bridgehead atoms. The van der Waals surface area contributed by atoms with Crippen molar-refractivity contribution in [3.8, 4) is 5.75 Å². The van der Waals surface area contributed by atoms with E-state index in [9.17, 15) is 18.4 Å². The molecule has 0 unspecified atom stereocenters. The summed E-state index contributed by atoms with van der Waals surface area (Å²) in [5.74, 6) is -0.639. The van der Waals surface area contributed by atoms with Gasteiger partial charge in [-0.05, 0) is 31.5 Å². The van der Waals surface area contributed by atoms with Crippen molar-refractivity contribution in [3.63, 3.8) is 0 Å². The molecule has 1 aromatic rings. The molecule has 0 fully saturated rings. The SMILES string of the molecule is CC(=O)c1cc(C)cc(OC(F)F)c1C=O. The number of aldehydes is 1. The number of alkyl halides is 2. The highest BCUT2D eigenvalue weighted by Crippen LogP contribution is 2.25. The van der Waals surface area contributed by atoms with E-state index in [1.807, 2.05) is 0 Å². The van der Waals surface area contributed by atoms with Gasteiger partial charge >= 0.3 is 6.61 Å². The molecule has 0 spiro atoms. The van der Waals surface area contributed by atoms with Crippen LogP contribution in [0.2, 0.25) is 0 Å². The summed E-state index contributed by atoms with van der Waals surface area (Å²) in [4.78, 5) is 22.0. The maximum Gasteiger partial charge on any atom is 0.387 e. The smallest absolute Gasteiger partial charge is 0.387 e. The fraction of sp³-hybridized carbons (Fsp3) is 0.273. The number of carbonyl (C=O) groups excluding carboxylic acids is 2. The van der Waals surface area contributed by atoms with Gasteiger partial charge in [0, 0.05) is 5.56 Å². The number of halogens is 2. The first-order valence-corrected chi connectivity index (χ1v) is 4.51. The number of hydrogen-bond acceptors (Lipinski definition) is 3. The molecule has 0 aromatic heterocycles. The minimum Gasteiger partial charge on any atom is -0.434 e. The third kappa shape index (κ3) is 2.62. The van der Waals surface area contributed by atoms with Crippen molar-refractivity contribution in [1.82, 2.24) is 0 Å². The lowest BCUT2D eigenvalue weighted by Gasteiger charge is -2.10. The van der Waals surface area contributed by atoms with E-state index in [0.717, 1.165) is 0 Å². The van der Waals surface area contributed by atoms with E-state index in [-0.39, 0.29) is 22.7 Å². The average molecular weight is 228 g/mol. The van der Waals surface area contributed by atoms with Crippen LogP contribution in [0.1, 0.15) is 33.2 Å². The van der Waals surface area contributed by atoms with Crippen molar-refractivity contribution in [2.45, 2.75) is 20.5 Å². The maximum atomic E-state index is 12.1. The summed E-state index contributed by atoms with van der Waals surface area (Å²) >= 11 is 0. The molecule has 0 saturated heterocycles. The maximum absolute atomic E-state index is 12.1. The van der Waals surface area contributed by atoms with E-state index in [4.69, 9.17) is 0 Å². The van der Waals surface area contributed by atoms with Crippen LogP contribution in [-0.4, -0.2) is 18.7 Å². The van der Waals surface area contributed by atoms with E-state index < -0.39 is 6.61 Å². The minimum atomic E-state index is -3.03. The number of ether oxygens (including phenoxy) is 1. The molecule has 0 aliphatic heterocycles. The summed E-state index contributed by atoms with van der Waals surface area (Å²) in [5, 5.41) is 0. The largest absolute Gasteiger partial charge is 0.434 e. The van der Waals surface area contributed by atoms with Crippen molar-refractivity contribution in [2.24, 2.45) is 0 Å². The lowest BCUT2D eigenvalue weighted by atomic mass is 10.0. The second-order valence-corrected chi connectivity index (χ2v) is 3.28. The zero-order valence-corrected chi connectivity index (χ0v) is 8.79. The predicted octanol–water partition coefficient (Wildman–Crippen LogP) is 2.61. The number of carbonyl (C=O) groups is 2. The second kappa shape index (κ2) is 4.83. The highest BCUT2D eigenvalue weighted by Gasteiger charge is 2.16. The Hall–Kier alpha value is -1.78. The van der Waals surface area contributed by atoms with Crippen molar-refractivity contribution in [2.75, 3.05) is 0 Å². The third-order valence-corrected chi connectivity index (χ3v) is 2.00. The summed E-state index contributed by atoms with van der Waals surface area (Å²) in [7, 11) is 0. The zero-order valence-electron chi connectivity index (χ0n) is 8.79. The Bertz CT molecular complexity index is 427. The molecular weight excluding hydrogens is 218 g/mol. The van der Waals surface area contributed by atoms with Gasteiger partial charge in [0.05, 0.1) is 5.56 Å². The van der Waals surface area contributed by atoms with Gasteiger partial charge in [0.15, 0.2) is 12.1 Å². The fourth-order valence-corrected chi connectivity index (χ4v) is 1.37. The monoisotopic (exact) mass is 228 g/mol. The number of aryl methyl sites for hydroxylation is 1. The fourth-order valence-electron chi connectivity index (χ4n) is 1.37. The molecule has 16 heavy (non-hydrogen) atoms. The van der Waals surface area contributed by atoms with Crippen LogP contribution in [0.5, 0.6) is 5.75 Å². The van der Waals surface area contributed by atoms with Gasteiger partial charge in [-0.2, -0.15) is 8.78 Å². The Kier molecular flexibility index (Phi) is 3.71. The first-order valence-electron chi connectivity index (χ1n) is 4.51. The van der Waals surface area contributed by atoms with E-state index >= 15 is 0 Å². The number of benzene rings is 1. The van der Waals surface area contributed by atoms with Crippen LogP contribution in [0.25, 0.3) is 0 Å². The third-order valence-electron chi connectivity index (χ3n) is 2.00. The Morgan fingerprint density at radius 1 is 1.44 bits per heavy atom. The van der Waals surface area contributed by atoms with Crippen LogP contribution in [-0.2, 0) is 0 Å². The van der Waals surface area contributed by atoms with Gasteiger partial charge in [0.25, 0.3) is 0 Å². The molecule has 0 saturated carbocycles. The highest BCUT2D eigenvalue weighted by molar-refractivity contribution is 6.03. The quantitative estimate of drug-likeness (QED) is 0.587. The van der Waals surface area contributed by atoms with Crippen molar-refractivity contribution >= 4 is 12.1 Å². The zero-order chi connectivity index (χ0) is 12.3. The van der Waals surface area contributed by atoms with Crippen LogP contribution in [0.15, 0.2) is 12.1 Å². The lowest BCUT2D eigenvalue weighted by Crippen LogP contribution is -2.08. The summed E-state index contributed by atoms with van der Waals surface area (Å²) in [6.45, 7) is -0.145. The molecule has 0 N–H and O–H groups in total. The Balaban J connectivity index is 3.35. The summed E-state index contributed by atoms with van der Waals surface area (Å²) in [6.07, 6.45) is 0.341. The highest BCUT2D eigenvalue weighted by atomic mass is 19.3. The van der Waals surface area contributed by atoms with Gasteiger partial charge in [0.1, 0.15) is 5.75 Å². The normalized spacial score (nSPS) is 10.3. The molecule has 1 aromatic carbocycles. The van der Waals surface area contributed by atoms with Crippen molar-refractivity contribution in [3.05, 3.63) is 28.8 Å². The van der Waals surface area contributed by atoms with E-state index in [1.165, 1.54) is 19.1 Å². The standard InChI is InChI=1S/C11H10F2O3/c1-6-3-8(7(2)15)9(5-14)10(4-6)16-11(12)13/h3-5,11H,1-2H3. The number of rotatable bonds is 4. The molecule has 1 rings (SSSR count). The van der Waals surface area contributed by atoms with Gasteiger partial charge < -0.3 is 4.74 Å². The van der Waals surface area contributed by atoms with Crippen LogP contribution < -0.4 is 4.74 Å². The van der Waals surface area contributed by atoms with Crippen LogP contribution in [0.4, 0.5) is 8.78 Å². The molecule has 86 valence electrons. The van der Waals surface area contributed by atoms with Crippen molar-refractivity contribution in [1.29, 1.82) is 0 Å². The molecular formula is C11H10F2O3. The topological polar surface area (TPSA) is 43.4 Å². The number of ketones is 1. The van der Waals surface area contributed by atoms with Crippen LogP contribution >= 0.6 is 0 Å². The van der Waals surface area contributed by atoms with E-state index in [0.29, 0.717) is 11.8 Å². The molecule has 0 radical (unpaired) electrons. The summed E-state index contributed by atoms with van der Waals surface area (Å²) in [6, 6.07) is 2.76. The van der Waals surface area contributed by atoms with E-state index in [1.54, 1.807) is 6.92 Å². The second-order valence-electron chi connectivity index (χ2n) is 3.28. The molecule has 0 atom stereocenters. The van der Waals surface area contributed by atoms with Gasteiger partial charge in [-0.3, -0.25) is 9.59 Å². The Morgan fingerprint density at radius 2 is 2.06 bits per heavy atom. The average Bonchev–Trinajstić information content (AvgIpc) is 2.15. The van der Waals surface area contributed by atoms with Gasteiger partial charge in [0.2, 0.25) is 0 Å². The van der Waals surface area contributed by atoms with Gasteiger partial charge in [-0.25, -0.2) is 0 Å². The first kappa shape index (κ1) is 12.3.